The highest BCUT2D eigenvalue weighted by atomic mass is 14.3. The van der Waals surface area contributed by atoms with Gasteiger partial charge in [-0.25, -0.2) is 0 Å². The lowest BCUT2D eigenvalue weighted by atomic mass is 9.35. The molecule has 0 atom stereocenters. The van der Waals surface area contributed by atoms with E-state index in [4.69, 9.17) is 0 Å². The third-order valence-corrected chi connectivity index (χ3v) is 9.28. The van der Waals surface area contributed by atoms with Crippen LogP contribution in [0, 0.1) is 0 Å². The van der Waals surface area contributed by atoms with Crippen LogP contribution in [0.25, 0.3) is 32.3 Å². The summed E-state index contributed by atoms with van der Waals surface area (Å²) in [6.45, 7) is 14.4. The Kier molecular flexibility index (Phi) is 5.08. The van der Waals surface area contributed by atoms with Crippen LogP contribution in [0.2, 0.25) is 0 Å². The molecule has 6 aromatic carbocycles. The van der Waals surface area contributed by atoms with Crippen molar-refractivity contribution in [3.63, 3.8) is 0 Å². The van der Waals surface area contributed by atoms with E-state index < -0.39 is 0 Å². The first-order valence-corrected chi connectivity index (χ1v) is 14.2. The molecule has 0 aliphatic carbocycles. The highest BCUT2D eigenvalue weighted by molar-refractivity contribution is 6.97. The Morgan fingerprint density at radius 3 is 1.95 bits per heavy atom. The second-order valence-electron chi connectivity index (χ2n) is 12.5. The van der Waals surface area contributed by atoms with E-state index in [1.54, 1.807) is 0 Å². The first kappa shape index (κ1) is 23.5. The minimum Gasteiger partial charge on any atom is -0.0686 e. The second-order valence-corrected chi connectivity index (χ2v) is 12.5. The molecule has 0 fully saturated rings. The van der Waals surface area contributed by atoms with Crippen LogP contribution in [-0.2, 0) is 5.41 Å². The van der Waals surface area contributed by atoms with E-state index in [2.05, 4.69) is 133 Å². The van der Waals surface area contributed by atoms with Gasteiger partial charge in [0.25, 0.3) is 0 Å². The fourth-order valence-corrected chi connectivity index (χ4v) is 7.43. The molecular weight excluding hydrogens is 455 g/mol. The second kappa shape index (κ2) is 8.21. The third kappa shape index (κ3) is 3.11. The summed E-state index contributed by atoms with van der Waals surface area (Å²) in [5, 5.41) is 8.60. The number of benzene rings is 6. The fourth-order valence-electron chi connectivity index (χ4n) is 7.43. The lowest BCUT2D eigenvalue weighted by molar-refractivity contribution is 0.652. The molecule has 0 radical (unpaired) electrons. The summed E-state index contributed by atoms with van der Waals surface area (Å²) in [7, 11) is 0. The minimum absolute atomic E-state index is 0.112. The van der Waals surface area contributed by atoms with Gasteiger partial charge in [-0.1, -0.05) is 149 Å². The average Bonchev–Trinajstić information content (AvgIpc) is 3.00. The van der Waals surface area contributed by atoms with Gasteiger partial charge in [-0.2, -0.15) is 0 Å². The van der Waals surface area contributed by atoms with Crippen molar-refractivity contribution in [3.8, 4) is 0 Å². The number of rotatable bonds is 3. The molecule has 38 heavy (non-hydrogen) atoms. The van der Waals surface area contributed by atoms with Gasteiger partial charge in [-0.15, -0.1) is 0 Å². The molecule has 0 saturated carbocycles. The molecule has 0 amide bonds. The Bertz CT molecular complexity index is 1840. The maximum absolute atomic E-state index is 2.59. The molecular formula is C37H35B. The smallest absolute Gasteiger partial charge is 0.0686 e. The van der Waals surface area contributed by atoms with Gasteiger partial charge in [0.1, 0.15) is 0 Å². The summed E-state index contributed by atoms with van der Waals surface area (Å²) >= 11 is 0. The van der Waals surface area contributed by atoms with Crippen molar-refractivity contribution in [1.82, 2.24) is 0 Å². The average molecular weight is 490 g/mol. The summed E-state index contributed by atoms with van der Waals surface area (Å²) in [6.07, 6.45) is 0. The Morgan fingerprint density at radius 1 is 0.553 bits per heavy atom. The van der Waals surface area contributed by atoms with Crippen LogP contribution in [0.4, 0.5) is 0 Å². The van der Waals surface area contributed by atoms with Crippen LogP contribution in [0.5, 0.6) is 0 Å². The Hall–Kier alpha value is -3.58. The zero-order valence-electron chi connectivity index (χ0n) is 23.4. The molecule has 186 valence electrons. The topological polar surface area (TPSA) is 0 Å². The first-order valence-electron chi connectivity index (χ1n) is 14.2. The molecule has 0 saturated heterocycles. The van der Waals surface area contributed by atoms with Gasteiger partial charge in [0.2, 0.25) is 6.71 Å². The van der Waals surface area contributed by atoms with Crippen molar-refractivity contribution in [2.45, 2.75) is 58.8 Å². The third-order valence-electron chi connectivity index (χ3n) is 9.28. The number of hydrogen-bond donors (Lipinski definition) is 0. The summed E-state index contributed by atoms with van der Waals surface area (Å²) in [6, 6.07) is 35.0. The van der Waals surface area contributed by atoms with Crippen LogP contribution < -0.4 is 16.4 Å². The monoisotopic (exact) mass is 490 g/mol. The summed E-state index contributed by atoms with van der Waals surface area (Å²) < 4.78 is 0. The van der Waals surface area contributed by atoms with Gasteiger partial charge >= 0.3 is 0 Å². The zero-order valence-corrected chi connectivity index (χ0v) is 23.4. The summed E-state index contributed by atoms with van der Waals surface area (Å²) in [4.78, 5) is 0. The van der Waals surface area contributed by atoms with Gasteiger partial charge in [-0.05, 0) is 66.4 Å². The van der Waals surface area contributed by atoms with Crippen molar-refractivity contribution in [3.05, 3.63) is 113 Å². The van der Waals surface area contributed by atoms with E-state index in [9.17, 15) is 0 Å². The van der Waals surface area contributed by atoms with E-state index >= 15 is 0 Å². The minimum atomic E-state index is -0.112. The molecule has 1 aliphatic rings. The molecule has 0 bridgehead atoms. The Morgan fingerprint density at radius 2 is 1.21 bits per heavy atom. The summed E-state index contributed by atoms with van der Waals surface area (Å²) in [5.41, 5.74) is 9.96. The SMILES string of the molecule is CC(C)c1cc(C(C)C)c2cc3c4c(ccc5ccc1c2c54)C(C)(C)c1ccccc1B3c1ccccc1. The quantitative estimate of drug-likeness (QED) is 0.174. The lowest BCUT2D eigenvalue weighted by Crippen LogP contribution is -2.53. The van der Waals surface area contributed by atoms with Crippen molar-refractivity contribution in [1.29, 1.82) is 0 Å². The maximum atomic E-state index is 2.59. The normalized spacial score (nSPS) is 14.7. The maximum Gasteiger partial charge on any atom is 0.242 e. The van der Waals surface area contributed by atoms with Crippen molar-refractivity contribution in [2.24, 2.45) is 0 Å². The van der Waals surface area contributed by atoms with Crippen LogP contribution >= 0.6 is 0 Å². The first-order chi connectivity index (χ1) is 18.3. The van der Waals surface area contributed by atoms with E-state index in [1.807, 2.05) is 0 Å². The standard InChI is InChI=1S/C37H35B/c1-22(2)27-20-28(23(3)4)29-21-33-36-31(19-17-24-16-18-26(27)35(29)34(24)36)37(5,6)30-14-10-11-15-32(30)38(33)25-12-8-7-9-13-25/h7-23H,1-6H3. The largest absolute Gasteiger partial charge is 0.242 e. The van der Waals surface area contributed by atoms with Gasteiger partial charge in [0, 0.05) is 5.41 Å². The lowest BCUT2D eigenvalue weighted by Gasteiger charge is -2.29. The van der Waals surface area contributed by atoms with E-state index in [1.165, 1.54) is 71.0 Å². The van der Waals surface area contributed by atoms with Gasteiger partial charge in [-0.3, -0.25) is 0 Å². The van der Waals surface area contributed by atoms with Crippen molar-refractivity contribution >= 4 is 55.4 Å². The molecule has 1 aliphatic heterocycles. The van der Waals surface area contributed by atoms with Crippen molar-refractivity contribution in [2.75, 3.05) is 0 Å². The predicted octanol–water partition coefficient (Wildman–Crippen LogP) is 7.99. The Balaban J connectivity index is 1.78. The molecule has 0 N–H and O–H groups in total. The van der Waals surface area contributed by atoms with E-state index in [0.29, 0.717) is 11.8 Å². The Labute approximate surface area is 227 Å². The van der Waals surface area contributed by atoms with E-state index in [0.717, 1.165) is 0 Å². The highest BCUT2D eigenvalue weighted by Gasteiger charge is 2.38. The molecule has 1 heterocycles. The molecule has 1 heteroatoms. The summed E-state index contributed by atoms with van der Waals surface area (Å²) in [5.74, 6) is 0.929. The zero-order chi connectivity index (χ0) is 26.3. The molecule has 0 unspecified atom stereocenters. The highest BCUT2D eigenvalue weighted by Crippen LogP contribution is 2.45. The van der Waals surface area contributed by atoms with Crippen LogP contribution in [0.15, 0.2) is 91.0 Å². The fraction of sp³-hybridized carbons (Fsp3) is 0.243. The van der Waals surface area contributed by atoms with Crippen LogP contribution in [0.1, 0.15) is 75.6 Å². The van der Waals surface area contributed by atoms with Gasteiger partial charge in [0.15, 0.2) is 0 Å². The number of fused-ring (bicyclic) bond motifs is 1. The van der Waals surface area contributed by atoms with E-state index in [-0.39, 0.29) is 12.1 Å². The molecule has 0 aromatic heterocycles. The molecule has 0 spiro atoms. The van der Waals surface area contributed by atoms with Gasteiger partial charge < -0.3 is 0 Å². The molecule has 6 aromatic rings. The van der Waals surface area contributed by atoms with Crippen LogP contribution in [0.3, 0.4) is 0 Å². The molecule has 7 rings (SSSR count). The molecule has 0 nitrogen and oxygen atoms in total. The van der Waals surface area contributed by atoms with Gasteiger partial charge in [0.05, 0.1) is 0 Å². The van der Waals surface area contributed by atoms with Crippen molar-refractivity contribution < 1.29 is 0 Å². The predicted molar refractivity (Wildman–Crippen MR) is 168 cm³/mol. The number of hydrogen-bond acceptors (Lipinski definition) is 0. The van der Waals surface area contributed by atoms with Crippen LogP contribution in [-0.4, -0.2) is 6.71 Å².